The quantitative estimate of drug-likeness (QED) is 0.814. The number of piperidine rings is 2. The fourth-order valence-corrected chi connectivity index (χ4v) is 5.76. The zero-order valence-electron chi connectivity index (χ0n) is 15.6. The molecule has 6 rings (SSSR count). The molecule has 2 saturated heterocycles. The molecule has 0 aromatic heterocycles. The van der Waals surface area contributed by atoms with Gasteiger partial charge in [-0.1, -0.05) is 18.2 Å². The van der Waals surface area contributed by atoms with Crippen molar-refractivity contribution in [2.75, 3.05) is 25.0 Å². The first-order chi connectivity index (χ1) is 13.5. The number of rotatable bonds is 2. The van der Waals surface area contributed by atoms with Crippen LogP contribution in [0.5, 0.6) is 0 Å². The minimum atomic E-state index is -0.624. The molecule has 1 N–H and O–H groups in total. The average molecular weight is 375 g/mol. The highest BCUT2D eigenvalue weighted by Crippen LogP contribution is 2.59. The second-order valence-corrected chi connectivity index (χ2v) is 8.62. The van der Waals surface area contributed by atoms with Crippen LogP contribution in [-0.4, -0.2) is 48.8 Å². The average Bonchev–Trinajstić information content (AvgIpc) is 3.02. The third-order valence-electron chi connectivity index (χ3n) is 7.02. The summed E-state index contributed by atoms with van der Waals surface area (Å²) >= 11 is 0. The number of anilines is 1. The molecule has 2 aromatic carbocycles. The van der Waals surface area contributed by atoms with E-state index in [9.17, 15) is 14.4 Å². The van der Waals surface area contributed by atoms with Crippen LogP contribution < -0.4 is 10.2 Å². The number of likely N-dealkylation sites (tertiary alicyclic amines) is 1. The zero-order valence-corrected chi connectivity index (χ0v) is 15.6. The second kappa shape index (κ2) is 5.41. The van der Waals surface area contributed by atoms with Crippen molar-refractivity contribution in [3.8, 4) is 0 Å². The summed E-state index contributed by atoms with van der Waals surface area (Å²) in [5, 5.41) is 4.48. The molecule has 3 heterocycles. The van der Waals surface area contributed by atoms with Gasteiger partial charge in [-0.3, -0.25) is 24.6 Å². The van der Waals surface area contributed by atoms with Crippen molar-refractivity contribution in [1.29, 1.82) is 0 Å². The van der Waals surface area contributed by atoms with E-state index in [0.717, 1.165) is 29.5 Å². The molecular weight excluding hydrogens is 354 g/mol. The van der Waals surface area contributed by atoms with Gasteiger partial charge in [-0.05, 0) is 54.3 Å². The predicted octanol–water partition coefficient (Wildman–Crippen LogP) is 1.88. The molecule has 4 aliphatic rings. The number of amides is 3. The monoisotopic (exact) mass is 375 g/mol. The number of carbonyl (C=O) groups excluding carboxylic acids is 3. The molecular formula is C22H21N3O3. The Bertz CT molecular complexity index is 1070. The lowest BCUT2D eigenvalue weighted by Gasteiger charge is -2.30. The van der Waals surface area contributed by atoms with E-state index in [1.807, 2.05) is 18.2 Å². The van der Waals surface area contributed by atoms with E-state index in [0.29, 0.717) is 29.7 Å². The second-order valence-electron chi connectivity index (χ2n) is 8.62. The topological polar surface area (TPSA) is 69.7 Å². The first-order valence-corrected chi connectivity index (χ1v) is 9.96. The molecule has 6 nitrogen and oxygen atoms in total. The van der Waals surface area contributed by atoms with Crippen LogP contribution >= 0.6 is 0 Å². The van der Waals surface area contributed by atoms with Crippen molar-refractivity contribution in [2.24, 2.45) is 11.8 Å². The Morgan fingerprint density at radius 2 is 1.82 bits per heavy atom. The van der Waals surface area contributed by atoms with Gasteiger partial charge in [0.05, 0.1) is 5.69 Å². The van der Waals surface area contributed by atoms with Crippen molar-refractivity contribution < 1.29 is 14.4 Å². The molecule has 1 saturated carbocycles. The molecule has 3 amide bonds. The Kier molecular flexibility index (Phi) is 3.14. The van der Waals surface area contributed by atoms with Crippen molar-refractivity contribution in [2.45, 2.75) is 24.8 Å². The summed E-state index contributed by atoms with van der Waals surface area (Å²) < 4.78 is 0. The van der Waals surface area contributed by atoms with Crippen LogP contribution in [0.1, 0.15) is 34.7 Å². The van der Waals surface area contributed by atoms with Crippen molar-refractivity contribution in [3.05, 3.63) is 41.5 Å². The van der Waals surface area contributed by atoms with Crippen LogP contribution in [0, 0.1) is 11.8 Å². The number of nitrogens with zero attached hydrogens (tertiary/aromatic N) is 2. The van der Waals surface area contributed by atoms with E-state index in [-0.39, 0.29) is 24.1 Å². The summed E-state index contributed by atoms with van der Waals surface area (Å²) in [5.41, 5.74) is 2.81. The number of nitrogens with one attached hydrogen (secondary N) is 1. The highest BCUT2D eigenvalue weighted by Gasteiger charge is 2.56. The minimum absolute atomic E-state index is 0.136. The fourth-order valence-electron chi connectivity index (χ4n) is 5.76. The number of hydrogen-bond acceptors (Lipinski definition) is 4. The number of benzene rings is 2. The van der Waals surface area contributed by atoms with Crippen molar-refractivity contribution >= 4 is 34.2 Å². The summed E-state index contributed by atoms with van der Waals surface area (Å²) in [6, 6.07) is 9.44. The molecule has 6 heteroatoms. The highest BCUT2D eigenvalue weighted by atomic mass is 16.2. The van der Waals surface area contributed by atoms with Crippen molar-refractivity contribution in [1.82, 2.24) is 10.2 Å². The number of imide groups is 1. The fraction of sp³-hybridized carbons (Fsp3) is 0.409. The third-order valence-corrected chi connectivity index (χ3v) is 7.02. The molecule has 28 heavy (non-hydrogen) atoms. The van der Waals surface area contributed by atoms with Gasteiger partial charge in [0, 0.05) is 30.5 Å². The third kappa shape index (κ3) is 2.04. The van der Waals surface area contributed by atoms with Gasteiger partial charge in [0.15, 0.2) is 0 Å². The summed E-state index contributed by atoms with van der Waals surface area (Å²) in [6.07, 6.45) is 0.628. The Balaban J connectivity index is 1.45. The minimum Gasteiger partial charge on any atom is -0.306 e. The zero-order chi connectivity index (χ0) is 19.2. The Morgan fingerprint density at radius 3 is 2.57 bits per heavy atom. The Labute approximate surface area is 162 Å². The largest absolute Gasteiger partial charge is 0.306 e. The maximum absolute atomic E-state index is 13.2. The number of hydrogen-bond donors (Lipinski definition) is 1. The van der Waals surface area contributed by atoms with Gasteiger partial charge < -0.3 is 4.90 Å². The lowest BCUT2D eigenvalue weighted by Crippen LogP contribution is -2.53. The van der Waals surface area contributed by atoms with Gasteiger partial charge in [0.25, 0.3) is 5.91 Å². The Morgan fingerprint density at radius 1 is 1.04 bits per heavy atom. The van der Waals surface area contributed by atoms with E-state index in [2.05, 4.69) is 29.4 Å². The molecule has 2 aromatic rings. The normalized spacial score (nSPS) is 31.5. The predicted molar refractivity (Wildman–Crippen MR) is 104 cm³/mol. The number of fused-ring (bicyclic) bond motifs is 1. The van der Waals surface area contributed by atoms with Crippen LogP contribution in [-0.2, 0) is 9.59 Å². The molecule has 0 radical (unpaired) electrons. The van der Waals surface area contributed by atoms with E-state index in [1.165, 1.54) is 5.56 Å². The molecule has 3 aliphatic heterocycles. The van der Waals surface area contributed by atoms with Gasteiger partial charge >= 0.3 is 0 Å². The first kappa shape index (κ1) is 16.2. The van der Waals surface area contributed by atoms with E-state index < -0.39 is 6.04 Å². The van der Waals surface area contributed by atoms with Crippen LogP contribution in [0.15, 0.2) is 30.3 Å². The molecule has 1 aliphatic carbocycles. The maximum Gasteiger partial charge on any atom is 0.259 e. The van der Waals surface area contributed by atoms with Crippen LogP contribution in [0.2, 0.25) is 0 Å². The molecule has 0 bridgehead atoms. The number of carbonyl (C=O) groups is 3. The van der Waals surface area contributed by atoms with Gasteiger partial charge in [0.1, 0.15) is 6.04 Å². The van der Waals surface area contributed by atoms with Crippen LogP contribution in [0.25, 0.3) is 10.8 Å². The first-order valence-electron chi connectivity index (χ1n) is 9.96. The summed E-state index contributed by atoms with van der Waals surface area (Å²) in [7, 11) is 2.17. The molecule has 142 valence electrons. The lowest BCUT2D eigenvalue weighted by atomic mass is 9.95. The maximum atomic E-state index is 13.2. The SMILES string of the molecule is CN1CC2C(C1)C2c1ccc2c3c(cccc13)N(C1CCC(=O)NC1=O)C2=O. The van der Waals surface area contributed by atoms with Gasteiger partial charge in [-0.25, -0.2) is 0 Å². The van der Waals surface area contributed by atoms with Crippen LogP contribution in [0.4, 0.5) is 5.69 Å². The smallest absolute Gasteiger partial charge is 0.259 e. The summed E-state index contributed by atoms with van der Waals surface area (Å²) in [6.45, 7) is 2.28. The van der Waals surface area contributed by atoms with E-state index in [4.69, 9.17) is 0 Å². The standard InChI is InChI=1S/C22H21N3O3/c1-24-9-14-15(10-24)19(14)12-5-6-13-20-11(12)3-2-4-16(20)25(22(13)28)17-7-8-18(26)23-21(17)27/h2-6,14-15,17,19H,7-10H2,1H3,(H,23,26,27). The van der Waals surface area contributed by atoms with E-state index in [1.54, 1.807) is 4.90 Å². The lowest BCUT2D eigenvalue weighted by molar-refractivity contribution is -0.134. The van der Waals surface area contributed by atoms with E-state index >= 15 is 0 Å². The summed E-state index contributed by atoms with van der Waals surface area (Å²) in [5.74, 6) is 1.21. The molecule has 0 spiro atoms. The van der Waals surface area contributed by atoms with Gasteiger partial charge in [-0.15, -0.1) is 0 Å². The Hall–Kier alpha value is -2.73. The molecule has 3 unspecified atom stereocenters. The van der Waals surface area contributed by atoms with Crippen molar-refractivity contribution in [3.63, 3.8) is 0 Å². The van der Waals surface area contributed by atoms with Crippen LogP contribution in [0.3, 0.4) is 0 Å². The molecule has 3 fully saturated rings. The van der Waals surface area contributed by atoms with Gasteiger partial charge in [-0.2, -0.15) is 0 Å². The van der Waals surface area contributed by atoms with Gasteiger partial charge in [0.2, 0.25) is 11.8 Å². The molecule has 3 atom stereocenters. The highest BCUT2D eigenvalue weighted by molar-refractivity contribution is 6.27. The summed E-state index contributed by atoms with van der Waals surface area (Å²) in [4.78, 5) is 41.1.